The molecule has 1 aromatic heterocycles. The molecule has 0 radical (unpaired) electrons. The molecule has 0 aliphatic rings. The van der Waals surface area contributed by atoms with Crippen molar-refractivity contribution in [2.75, 3.05) is 14.2 Å². The summed E-state index contributed by atoms with van der Waals surface area (Å²) in [4.78, 5) is 20.1. The molecule has 0 spiro atoms. The van der Waals surface area contributed by atoms with Gasteiger partial charge < -0.3 is 9.47 Å². The first kappa shape index (κ1) is 13.3. The van der Waals surface area contributed by atoms with Gasteiger partial charge in [-0.15, -0.1) is 0 Å². The van der Waals surface area contributed by atoms with Gasteiger partial charge in [-0.05, 0) is 18.2 Å². The van der Waals surface area contributed by atoms with E-state index in [4.69, 9.17) is 21.1 Å². The molecule has 0 fully saturated rings. The van der Waals surface area contributed by atoms with E-state index in [1.165, 1.54) is 26.6 Å². The molecule has 0 amide bonds. The number of rotatable bonds is 4. The second-order valence-corrected chi connectivity index (χ2v) is 4.07. The minimum atomic E-state index is -0.240. The summed E-state index contributed by atoms with van der Waals surface area (Å²) in [6.07, 6.45) is 2.81. The smallest absolute Gasteiger partial charge is 0.316 e. The van der Waals surface area contributed by atoms with E-state index in [1.54, 1.807) is 18.2 Å². The Morgan fingerprint density at radius 1 is 1.16 bits per heavy atom. The molecule has 0 aliphatic carbocycles. The molecule has 2 aromatic rings. The molecule has 0 saturated heterocycles. The standard InChI is InChI=1S/C13H11ClN2O3/c1-18-11-5-9(14)3-4-10(11)12(17)8-6-15-13(19-2)16-7-8/h3-7H,1-2H3. The van der Waals surface area contributed by atoms with E-state index in [0.29, 0.717) is 21.9 Å². The molecule has 5 nitrogen and oxygen atoms in total. The zero-order chi connectivity index (χ0) is 13.8. The number of hydrogen-bond donors (Lipinski definition) is 0. The van der Waals surface area contributed by atoms with Gasteiger partial charge in [0.05, 0.1) is 25.3 Å². The number of ketones is 1. The van der Waals surface area contributed by atoms with E-state index < -0.39 is 0 Å². The molecule has 1 aromatic carbocycles. The van der Waals surface area contributed by atoms with Crippen LogP contribution in [-0.2, 0) is 0 Å². The molecule has 0 unspecified atom stereocenters. The Hall–Kier alpha value is -2.14. The molecule has 1 heterocycles. The fourth-order valence-electron chi connectivity index (χ4n) is 1.55. The van der Waals surface area contributed by atoms with Crippen molar-refractivity contribution in [3.05, 3.63) is 46.7 Å². The largest absolute Gasteiger partial charge is 0.496 e. The number of ether oxygens (including phenoxy) is 2. The van der Waals surface area contributed by atoms with Crippen molar-refractivity contribution in [1.82, 2.24) is 9.97 Å². The lowest BCUT2D eigenvalue weighted by molar-refractivity contribution is 0.103. The van der Waals surface area contributed by atoms with Crippen LogP contribution in [0.5, 0.6) is 11.8 Å². The average molecular weight is 279 g/mol. The summed E-state index contributed by atoms with van der Waals surface area (Å²) in [6.45, 7) is 0. The molecule has 0 N–H and O–H groups in total. The van der Waals surface area contributed by atoms with Crippen molar-refractivity contribution in [3.8, 4) is 11.8 Å². The number of carbonyl (C=O) groups is 1. The van der Waals surface area contributed by atoms with Gasteiger partial charge >= 0.3 is 6.01 Å². The van der Waals surface area contributed by atoms with Crippen molar-refractivity contribution in [1.29, 1.82) is 0 Å². The number of carbonyl (C=O) groups excluding carboxylic acids is 1. The molecular formula is C13H11ClN2O3. The van der Waals surface area contributed by atoms with Crippen LogP contribution in [0.15, 0.2) is 30.6 Å². The lowest BCUT2D eigenvalue weighted by Gasteiger charge is -2.07. The molecular weight excluding hydrogens is 268 g/mol. The van der Waals surface area contributed by atoms with Gasteiger partial charge in [-0.2, -0.15) is 0 Å². The van der Waals surface area contributed by atoms with Crippen molar-refractivity contribution in [3.63, 3.8) is 0 Å². The normalized spacial score (nSPS) is 10.1. The Morgan fingerprint density at radius 2 is 1.84 bits per heavy atom. The molecule has 0 saturated carbocycles. The molecule has 0 bridgehead atoms. The first-order valence-corrected chi connectivity index (χ1v) is 5.77. The van der Waals surface area contributed by atoms with E-state index >= 15 is 0 Å². The Morgan fingerprint density at radius 3 is 2.42 bits per heavy atom. The fraction of sp³-hybridized carbons (Fsp3) is 0.154. The van der Waals surface area contributed by atoms with Gasteiger partial charge in [0, 0.05) is 17.4 Å². The molecule has 2 rings (SSSR count). The second-order valence-electron chi connectivity index (χ2n) is 3.63. The van der Waals surface area contributed by atoms with Crippen LogP contribution in [0.25, 0.3) is 0 Å². The van der Waals surface area contributed by atoms with Crippen molar-refractivity contribution < 1.29 is 14.3 Å². The third-order valence-corrected chi connectivity index (χ3v) is 2.72. The second kappa shape index (κ2) is 5.67. The summed E-state index contributed by atoms with van der Waals surface area (Å²) < 4.78 is 9.98. The van der Waals surface area contributed by atoms with E-state index in [0.717, 1.165) is 0 Å². The minimum absolute atomic E-state index is 0.208. The highest BCUT2D eigenvalue weighted by Gasteiger charge is 2.15. The maximum atomic E-state index is 12.3. The maximum absolute atomic E-state index is 12.3. The summed E-state index contributed by atoms with van der Waals surface area (Å²) >= 11 is 5.85. The summed E-state index contributed by atoms with van der Waals surface area (Å²) in [5, 5.41) is 0.499. The molecule has 98 valence electrons. The Labute approximate surface area is 115 Å². The number of aromatic nitrogens is 2. The Balaban J connectivity index is 2.37. The summed E-state index contributed by atoms with van der Waals surface area (Å²) in [6, 6.07) is 5.02. The van der Waals surface area contributed by atoms with Crippen LogP contribution in [0.2, 0.25) is 5.02 Å². The van der Waals surface area contributed by atoms with Gasteiger partial charge in [0.25, 0.3) is 0 Å². The molecule has 0 atom stereocenters. The van der Waals surface area contributed by atoms with Gasteiger partial charge in [-0.1, -0.05) is 11.6 Å². The van der Waals surface area contributed by atoms with E-state index in [-0.39, 0.29) is 11.8 Å². The topological polar surface area (TPSA) is 61.3 Å². The van der Waals surface area contributed by atoms with E-state index in [9.17, 15) is 4.79 Å². The van der Waals surface area contributed by atoms with Crippen LogP contribution >= 0.6 is 11.6 Å². The van der Waals surface area contributed by atoms with Gasteiger partial charge in [-0.3, -0.25) is 4.79 Å². The van der Waals surface area contributed by atoms with Gasteiger partial charge in [0.15, 0.2) is 5.78 Å². The van der Waals surface area contributed by atoms with Crippen LogP contribution < -0.4 is 9.47 Å². The lowest BCUT2D eigenvalue weighted by Crippen LogP contribution is -2.05. The summed E-state index contributed by atoms with van der Waals surface area (Å²) in [5.74, 6) is 0.171. The molecule has 19 heavy (non-hydrogen) atoms. The van der Waals surface area contributed by atoms with E-state index in [2.05, 4.69) is 9.97 Å². The monoisotopic (exact) mass is 278 g/mol. The fourth-order valence-corrected chi connectivity index (χ4v) is 1.71. The number of hydrogen-bond acceptors (Lipinski definition) is 5. The number of halogens is 1. The quantitative estimate of drug-likeness (QED) is 0.804. The zero-order valence-electron chi connectivity index (χ0n) is 10.4. The third kappa shape index (κ3) is 2.82. The van der Waals surface area contributed by atoms with Crippen molar-refractivity contribution in [2.45, 2.75) is 0 Å². The average Bonchev–Trinajstić information content (AvgIpc) is 2.46. The maximum Gasteiger partial charge on any atom is 0.316 e. The van der Waals surface area contributed by atoms with Crippen LogP contribution in [0.1, 0.15) is 15.9 Å². The van der Waals surface area contributed by atoms with Gasteiger partial charge in [-0.25, -0.2) is 9.97 Å². The third-order valence-electron chi connectivity index (χ3n) is 2.48. The SMILES string of the molecule is COc1ncc(C(=O)c2ccc(Cl)cc2OC)cn1. The first-order chi connectivity index (χ1) is 9.15. The predicted molar refractivity (Wildman–Crippen MR) is 70.0 cm³/mol. The van der Waals surface area contributed by atoms with E-state index in [1.807, 2.05) is 0 Å². The van der Waals surface area contributed by atoms with Crippen LogP contribution in [0.4, 0.5) is 0 Å². The van der Waals surface area contributed by atoms with Crippen LogP contribution in [0, 0.1) is 0 Å². The first-order valence-electron chi connectivity index (χ1n) is 5.40. The highest BCUT2D eigenvalue weighted by molar-refractivity contribution is 6.31. The summed E-state index contributed by atoms with van der Waals surface area (Å²) in [5.41, 5.74) is 0.752. The Bertz CT molecular complexity index is 599. The summed E-state index contributed by atoms with van der Waals surface area (Å²) in [7, 11) is 2.94. The Kier molecular flexibility index (Phi) is 3.97. The number of benzene rings is 1. The van der Waals surface area contributed by atoms with Crippen LogP contribution in [-0.4, -0.2) is 30.0 Å². The number of nitrogens with zero attached hydrogens (tertiary/aromatic N) is 2. The van der Waals surface area contributed by atoms with Gasteiger partial charge in [0.1, 0.15) is 5.75 Å². The minimum Gasteiger partial charge on any atom is -0.496 e. The highest BCUT2D eigenvalue weighted by Crippen LogP contribution is 2.25. The highest BCUT2D eigenvalue weighted by atomic mass is 35.5. The lowest BCUT2D eigenvalue weighted by atomic mass is 10.1. The van der Waals surface area contributed by atoms with Gasteiger partial charge in [0.2, 0.25) is 0 Å². The molecule has 6 heteroatoms. The van der Waals surface area contributed by atoms with Crippen molar-refractivity contribution >= 4 is 17.4 Å². The molecule has 0 aliphatic heterocycles. The predicted octanol–water partition coefficient (Wildman–Crippen LogP) is 2.38. The van der Waals surface area contributed by atoms with Crippen LogP contribution in [0.3, 0.4) is 0 Å². The number of methoxy groups -OCH3 is 2. The van der Waals surface area contributed by atoms with Crippen molar-refractivity contribution in [2.24, 2.45) is 0 Å². The zero-order valence-corrected chi connectivity index (χ0v) is 11.1.